The van der Waals surface area contributed by atoms with Crippen molar-refractivity contribution in [2.75, 3.05) is 31.6 Å². The van der Waals surface area contributed by atoms with E-state index in [4.69, 9.17) is 4.98 Å². The highest BCUT2D eigenvalue weighted by Gasteiger charge is 2.48. The predicted molar refractivity (Wildman–Crippen MR) is 85.8 cm³/mol. The van der Waals surface area contributed by atoms with Gasteiger partial charge < -0.3 is 9.80 Å². The fourth-order valence-corrected chi connectivity index (χ4v) is 4.67. The number of hydrogen-bond donors (Lipinski definition) is 0. The van der Waals surface area contributed by atoms with Gasteiger partial charge in [-0.05, 0) is 31.4 Å². The average molecular weight is 301 g/mol. The summed E-state index contributed by atoms with van der Waals surface area (Å²) < 4.78 is 1.22. The molecule has 0 N–H and O–H groups in total. The van der Waals surface area contributed by atoms with E-state index in [0.29, 0.717) is 5.91 Å². The van der Waals surface area contributed by atoms with Crippen LogP contribution in [0.15, 0.2) is 24.3 Å². The molecular weight excluding hydrogens is 282 g/mol. The first kappa shape index (κ1) is 13.1. The summed E-state index contributed by atoms with van der Waals surface area (Å²) in [5.74, 6) is 0.331. The molecule has 2 aromatic rings. The number of hydrogen-bond acceptors (Lipinski definition) is 4. The first-order chi connectivity index (χ1) is 10.2. The second-order valence-corrected chi connectivity index (χ2v) is 7.26. The molecule has 0 aliphatic carbocycles. The van der Waals surface area contributed by atoms with Crippen LogP contribution in [0, 0.1) is 5.41 Å². The molecule has 4 rings (SSSR count). The molecule has 2 fully saturated rings. The van der Waals surface area contributed by atoms with Crippen LogP contribution in [-0.2, 0) is 4.79 Å². The van der Waals surface area contributed by atoms with Gasteiger partial charge in [-0.1, -0.05) is 23.5 Å². The van der Waals surface area contributed by atoms with Crippen LogP contribution in [0.25, 0.3) is 10.2 Å². The second kappa shape index (κ2) is 4.70. The Morgan fingerprint density at radius 2 is 2.10 bits per heavy atom. The van der Waals surface area contributed by atoms with Gasteiger partial charge in [0, 0.05) is 26.7 Å². The van der Waals surface area contributed by atoms with Crippen molar-refractivity contribution in [1.29, 1.82) is 0 Å². The van der Waals surface area contributed by atoms with Crippen LogP contribution >= 0.6 is 11.3 Å². The van der Waals surface area contributed by atoms with Crippen LogP contribution < -0.4 is 4.90 Å². The summed E-state index contributed by atoms with van der Waals surface area (Å²) in [5.41, 5.74) is 0.899. The molecule has 2 aliphatic heterocycles. The van der Waals surface area contributed by atoms with Crippen molar-refractivity contribution in [1.82, 2.24) is 9.88 Å². The minimum absolute atomic E-state index is 0.162. The maximum Gasteiger partial charge on any atom is 0.230 e. The number of carbonyl (C=O) groups excluding carboxylic acids is 1. The highest BCUT2D eigenvalue weighted by atomic mass is 32.1. The van der Waals surface area contributed by atoms with E-state index in [0.717, 1.165) is 49.5 Å². The summed E-state index contributed by atoms with van der Waals surface area (Å²) in [6.07, 6.45) is 3.11. The molecule has 1 aromatic carbocycles. The molecule has 110 valence electrons. The third kappa shape index (κ3) is 2.02. The van der Waals surface area contributed by atoms with E-state index in [1.807, 2.05) is 18.0 Å². The van der Waals surface area contributed by atoms with E-state index in [9.17, 15) is 4.79 Å². The van der Waals surface area contributed by atoms with Gasteiger partial charge in [0.25, 0.3) is 0 Å². The lowest BCUT2D eigenvalue weighted by molar-refractivity contribution is -0.143. The molecule has 0 saturated carbocycles. The highest BCUT2D eigenvalue weighted by molar-refractivity contribution is 7.22. The Labute approximate surface area is 128 Å². The molecule has 21 heavy (non-hydrogen) atoms. The Morgan fingerprint density at radius 3 is 2.95 bits per heavy atom. The number of fused-ring (bicyclic) bond motifs is 1. The molecule has 1 spiro atoms. The molecule has 0 bridgehead atoms. The minimum Gasteiger partial charge on any atom is -0.347 e. The van der Waals surface area contributed by atoms with E-state index >= 15 is 0 Å². The number of rotatable bonds is 1. The van der Waals surface area contributed by atoms with Crippen LogP contribution in [0.4, 0.5) is 5.13 Å². The molecule has 2 saturated heterocycles. The maximum absolute atomic E-state index is 12.6. The van der Waals surface area contributed by atoms with Gasteiger partial charge in [-0.3, -0.25) is 4.79 Å². The van der Waals surface area contributed by atoms with Gasteiger partial charge >= 0.3 is 0 Å². The predicted octanol–water partition coefficient (Wildman–Crippen LogP) is 2.75. The number of para-hydroxylation sites is 1. The topological polar surface area (TPSA) is 36.4 Å². The quantitative estimate of drug-likeness (QED) is 0.812. The van der Waals surface area contributed by atoms with Crippen LogP contribution in [-0.4, -0.2) is 42.5 Å². The molecule has 1 atom stereocenters. The monoisotopic (exact) mass is 301 g/mol. The van der Waals surface area contributed by atoms with Crippen molar-refractivity contribution in [2.24, 2.45) is 5.41 Å². The smallest absolute Gasteiger partial charge is 0.230 e. The van der Waals surface area contributed by atoms with Crippen LogP contribution in [0.3, 0.4) is 0 Å². The third-order valence-electron chi connectivity index (χ3n) is 4.86. The summed E-state index contributed by atoms with van der Waals surface area (Å²) in [4.78, 5) is 21.5. The van der Waals surface area contributed by atoms with E-state index in [-0.39, 0.29) is 5.41 Å². The van der Waals surface area contributed by atoms with Crippen molar-refractivity contribution < 1.29 is 4.79 Å². The summed E-state index contributed by atoms with van der Waals surface area (Å²) >= 11 is 1.73. The second-order valence-electron chi connectivity index (χ2n) is 6.25. The Hall–Kier alpha value is -1.62. The lowest BCUT2D eigenvalue weighted by Gasteiger charge is -2.37. The fraction of sp³-hybridized carbons (Fsp3) is 0.500. The number of carbonyl (C=O) groups is 1. The van der Waals surface area contributed by atoms with Crippen molar-refractivity contribution in [2.45, 2.75) is 19.3 Å². The Kier molecular flexibility index (Phi) is 2.92. The van der Waals surface area contributed by atoms with Gasteiger partial charge in [-0.2, -0.15) is 0 Å². The van der Waals surface area contributed by atoms with E-state index in [2.05, 4.69) is 23.1 Å². The molecule has 4 nitrogen and oxygen atoms in total. The zero-order valence-corrected chi connectivity index (χ0v) is 13.0. The number of likely N-dealkylation sites (tertiary alicyclic amines) is 1. The van der Waals surface area contributed by atoms with E-state index < -0.39 is 0 Å². The number of amides is 1. The molecule has 0 radical (unpaired) electrons. The van der Waals surface area contributed by atoms with Gasteiger partial charge in [-0.25, -0.2) is 4.98 Å². The minimum atomic E-state index is -0.162. The fourth-order valence-electron chi connectivity index (χ4n) is 3.68. The van der Waals surface area contributed by atoms with E-state index in [1.165, 1.54) is 4.70 Å². The normalized spacial score (nSPS) is 26.2. The standard InChI is InChI=1S/C16H19N3OS/c1-18-9-4-7-16(14(18)20)8-10-19(11-16)15-17-12-5-2-3-6-13(12)21-15/h2-3,5-6H,4,7-11H2,1H3/t16-/m1/s1. The molecule has 2 aliphatic rings. The highest BCUT2D eigenvalue weighted by Crippen LogP contribution is 2.42. The Balaban J connectivity index is 1.62. The van der Waals surface area contributed by atoms with Crippen molar-refractivity contribution >= 4 is 32.6 Å². The first-order valence-electron chi connectivity index (χ1n) is 7.54. The van der Waals surface area contributed by atoms with Gasteiger partial charge in [0.1, 0.15) is 0 Å². The number of benzene rings is 1. The van der Waals surface area contributed by atoms with Crippen LogP contribution in [0.2, 0.25) is 0 Å². The number of anilines is 1. The molecule has 3 heterocycles. The molecule has 1 amide bonds. The molecule has 1 aromatic heterocycles. The van der Waals surface area contributed by atoms with Crippen molar-refractivity contribution in [3.8, 4) is 0 Å². The largest absolute Gasteiger partial charge is 0.347 e. The number of nitrogens with zero attached hydrogens (tertiary/aromatic N) is 3. The summed E-state index contributed by atoms with van der Waals surface area (Å²) in [7, 11) is 1.93. The number of thiazole rings is 1. The number of aromatic nitrogens is 1. The number of piperidine rings is 1. The van der Waals surface area contributed by atoms with Crippen LogP contribution in [0.5, 0.6) is 0 Å². The zero-order chi connectivity index (χ0) is 14.4. The molecular formula is C16H19N3OS. The van der Waals surface area contributed by atoms with Crippen molar-refractivity contribution in [3.63, 3.8) is 0 Å². The lowest BCUT2D eigenvalue weighted by atomic mass is 9.78. The average Bonchev–Trinajstić information content (AvgIpc) is 3.09. The van der Waals surface area contributed by atoms with Crippen molar-refractivity contribution in [3.05, 3.63) is 24.3 Å². The Bertz CT molecular complexity index is 665. The van der Waals surface area contributed by atoms with Crippen LogP contribution in [0.1, 0.15) is 19.3 Å². The lowest BCUT2D eigenvalue weighted by Crippen LogP contribution is -2.48. The summed E-state index contributed by atoms with van der Waals surface area (Å²) in [5, 5.41) is 1.06. The van der Waals surface area contributed by atoms with Gasteiger partial charge in [0.2, 0.25) is 5.91 Å². The summed E-state index contributed by atoms with van der Waals surface area (Å²) in [6, 6.07) is 8.24. The SMILES string of the molecule is CN1CCC[C@]2(CCN(c3nc4ccccc4s3)C2)C1=O. The van der Waals surface area contributed by atoms with Gasteiger partial charge in [0.05, 0.1) is 15.6 Å². The molecule has 0 unspecified atom stereocenters. The zero-order valence-electron chi connectivity index (χ0n) is 12.2. The van der Waals surface area contributed by atoms with Gasteiger partial charge in [-0.15, -0.1) is 0 Å². The third-order valence-corrected chi connectivity index (χ3v) is 5.95. The molecule has 5 heteroatoms. The first-order valence-corrected chi connectivity index (χ1v) is 8.36. The van der Waals surface area contributed by atoms with Gasteiger partial charge in [0.15, 0.2) is 5.13 Å². The maximum atomic E-state index is 12.6. The Morgan fingerprint density at radius 1 is 1.24 bits per heavy atom. The summed E-state index contributed by atoms with van der Waals surface area (Å²) in [6.45, 7) is 2.68. The van der Waals surface area contributed by atoms with E-state index in [1.54, 1.807) is 11.3 Å².